The molecule has 1 aliphatic rings. The van der Waals surface area contributed by atoms with Crippen LogP contribution in [-0.2, 0) is 14.2 Å². The van der Waals surface area contributed by atoms with Gasteiger partial charge in [0.1, 0.15) is 0 Å². The normalized spacial score (nSPS) is 17.0. The lowest BCUT2D eigenvalue weighted by molar-refractivity contribution is 0.0242. The second-order valence-corrected chi connectivity index (χ2v) is 4.35. The van der Waals surface area contributed by atoms with Gasteiger partial charge in [-0.05, 0) is 19.3 Å². The lowest BCUT2D eigenvalue weighted by Crippen LogP contribution is -2.13. The Morgan fingerprint density at radius 1 is 1.12 bits per heavy atom. The molecule has 4 heteroatoms. The van der Waals surface area contributed by atoms with Crippen LogP contribution in [0.2, 0.25) is 0 Å². The molecule has 0 radical (unpaired) electrons. The summed E-state index contributed by atoms with van der Waals surface area (Å²) in [6.45, 7) is 3.43. The van der Waals surface area contributed by atoms with Gasteiger partial charge in [0.05, 0.1) is 25.9 Å². The van der Waals surface area contributed by atoms with Crippen molar-refractivity contribution < 1.29 is 14.2 Å². The number of ether oxygens (including phenoxy) is 3. The van der Waals surface area contributed by atoms with Crippen molar-refractivity contribution in [3.05, 3.63) is 0 Å². The molecule has 0 aromatic rings. The highest BCUT2D eigenvalue weighted by Gasteiger charge is 2.42. The minimum Gasteiger partial charge on any atom is -0.385 e. The quantitative estimate of drug-likeness (QED) is 0.533. The molecule has 92 valence electrons. The second-order valence-electron chi connectivity index (χ2n) is 4.35. The van der Waals surface area contributed by atoms with Crippen LogP contribution in [0.15, 0.2) is 0 Å². The van der Waals surface area contributed by atoms with Crippen molar-refractivity contribution in [3.8, 4) is 6.07 Å². The first-order valence-electron chi connectivity index (χ1n) is 5.84. The van der Waals surface area contributed by atoms with Crippen LogP contribution in [0.25, 0.3) is 0 Å². The summed E-state index contributed by atoms with van der Waals surface area (Å²) in [6.07, 6.45) is 3.82. The van der Waals surface area contributed by atoms with E-state index in [1.165, 1.54) is 0 Å². The van der Waals surface area contributed by atoms with E-state index < -0.39 is 0 Å². The first-order valence-corrected chi connectivity index (χ1v) is 5.84. The highest BCUT2D eigenvalue weighted by atomic mass is 16.5. The summed E-state index contributed by atoms with van der Waals surface area (Å²) < 4.78 is 15.8. The van der Waals surface area contributed by atoms with Gasteiger partial charge in [-0.2, -0.15) is 5.26 Å². The molecule has 0 amide bonds. The summed E-state index contributed by atoms with van der Waals surface area (Å²) in [5.74, 6) is 0. The van der Waals surface area contributed by atoms with Gasteiger partial charge in [0.15, 0.2) is 0 Å². The summed E-state index contributed by atoms with van der Waals surface area (Å²) >= 11 is 0. The number of nitriles is 1. The number of hydrogen-bond donors (Lipinski definition) is 0. The van der Waals surface area contributed by atoms with Gasteiger partial charge in [-0.1, -0.05) is 0 Å². The van der Waals surface area contributed by atoms with Crippen molar-refractivity contribution in [1.82, 2.24) is 0 Å². The highest BCUT2D eigenvalue weighted by molar-refractivity contribution is 4.99. The van der Waals surface area contributed by atoms with Crippen LogP contribution in [0.5, 0.6) is 0 Å². The SMILES string of the molecule is COCCCOCCOCC1(CC#N)CC1. The molecule has 16 heavy (non-hydrogen) atoms. The summed E-state index contributed by atoms with van der Waals surface area (Å²) in [6, 6.07) is 2.22. The predicted octanol–water partition coefficient (Wildman–Crippen LogP) is 1.75. The summed E-state index contributed by atoms with van der Waals surface area (Å²) in [4.78, 5) is 0. The maximum Gasteiger partial charge on any atom is 0.0700 e. The zero-order valence-corrected chi connectivity index (χ0v) is 10.0. The van der Waals surface area contributed by atoms with Crippen molar-refractivity contribution >= 4 is 0 Å². The first kappa shape index (κ1) is 13.4. The molecule has 1 rings (SSSR count). The predicted molar refractivity (Wildman–Crippen MR) is 60.0 cm³/mol. The Morgan fingerprint density at radius 2 is 1.88 bits per heavy atom. The van der Waals surface area contributed by atoms with E-state index >= 15 is 0 Å². The van der Waals surface area contributed by atoms with E-state index in [0.29, 0.717) is 26.2 Å². The molecular formula is C12H21NO3. The molecule has 0 N–H and O–H groups in total. The first-order chi connectivity index (χ1) is 7.83. The van der Waals surface area contributed by atoms with Gasteiger partial charge >= 0.3 is 0 Å². The van der Waals surface area contributed by atoms with Crippen LogP contribution < -0.4 is 0 Å². The fraction of sp³-hybridized carbons (Fsp3) is 0.917. The van der Waals surface area contributed by atoms with E-state index in [4.69, 9.17) is 19.5 Å². The Labute approximate surface area is 97.5 Å². The molecule has 0 unspecified atom stereocenters. The zero-order valence-electron chi connectivity index (χ0n) is 10.0. The van der Waals surface area contributed by atoms with Crippen LogP contribution in [0.3, 0.4) is 0 Å². The van der Waals surface area contributed by atoms with Gasteiger partial charge in [-0.25, -0.2) is 0 Å². The van der Waals surface area contributed by atoms with E-state index in [-0.39, 0.29) is 5.41 Å². The van der Waals surface area contributed by atoms with E-state index in [0.717, 1.165) is 32.5 Å². The minimum absolute atomic E-state index is 0.185. The summed E-state index contributed by atoms with van der Waals surface area (Å²) in [5.41, 5.74) is 0.185. The van der Waals surface area contributed by atoms with E-state index in [2.05, 4.69) is 6.07 Å². The largest absolute Gasteiger partial charge is 0.385 e. The van der Waals surface area contributed by atoms with Crippen LogP contribution >= 0.6 is 0 Å². The van der Waals surface area contributed by atoms with E-state index in [9.17, 15) is 0 Å². The fourth-order valence-corrected chi connectivity index (χ4v) is 1.53. The van der Waals surface area contributed by atoms with Crippen molar-refractivity contribution in [2.45, 2.75) is 25.7 Å². The molecule has 0 aliphatic heterocycles. The molecule has 1 saturated carbocycles. The smallest absolute Gasteiger partial charge is 0.0700 e. The maximum absolute atomic E-state index is 8.62. The van der Waals surface area contributed by atoms with Crippen LogP contribution in [0, 0.1) is 16.7 Å². The van der Waals surface area contributed by atoms with Crippen molar-refractivity contribution in [1.29, 1.82) is 5.26 Å². The molecule has 0 aromatic carbocycles. The Morgan fingerprint density at radius 3 is 2.50 bits per heavy atom. The Hall–Kier alpha value is -0.630. The van der Waals surface area contributed by atoms with E-state index in [1.54, 1.807) is 7.11 Å². The molecule has 1 fully saturated rings. The fourth-order valence-electron chi connectivity index (χ4n) is 1.53. The molecule has 0 heterocycles. The number of rotatable bonds is 10. The van der Waals surface area contributed by atoms with Crippen LogP contribution in [-0.4, -0.2) is 40.1 Å². The lowest BCUT2D eigenvalue weighted by Gasteiger charge is -2.11. The third-order valence-electron chi connectivity index (χ3n) is 2.83. The van der Waals surface area contributed by atoms with Crippen molar-refractivity contribution in [2.24, 2.45) is 5.41 Å². The Bertz CT molecular complexity index is 221. The average molecular weight is 227 g/mol. The number of hydrogen-bond acceptors (Lipinski definition) is 4. The summed E-state index contributed by atoms with van der Waals surface area (Å²) in [7, 11) is 1.69. The molecule has 0 aromatic heterocycles. The number of methoxy groups -OCH3 is 1. The van der Waals surface area contributed by atoms with Crippen molar-refractivity contribution in [3.63, 3.8) is 0 Å². The molecule has 0 atom stereocenters. The van der Waals surface area contributed by atoms with Gasteiger partial charge in [-0.3, -0.25) is 0 Å². The van der Waals surface area contributed by atoms with Gasteiger partial charge in [0.25, 0.3) is 0 Å². The number of nitrogens with zero attached hydrogens (tertiary/aromatic N) is 1. The monoisotopic (exact) mass is 227 g/mol. The molecular weight excluding hydrogens is 206 g/mol. The topological polar surface area (TPSA) is 51.5 Å². The second kappa shape index (κ2) is 7.61. The maximum atomic E-state index is 8.62. The van der Waals surface area contributed by atoms with Crippen LogP contribution in [0.1, 0.15) is 25.7 Å². The molecule has 4 nitrogen and oxygen atoms in total. The molecule has 0 saturated heterocycles. The average Bonchev–Trinajstić information content (AvgIpc) is 3.03. The lowest BCUT2D eigenvalue weighted by atomic mass is 10.1. The molecule has 1 aliphatic carbocycles. The zero-order chi connectivity index (χ0) is 11.7. The third kappa shape index (κ3) is 5.45. The van der Waals surface area contributed by atoms with Gasteiger partial charge in [-0.15, -0.1) is 0 Å². The third-order valence-corrected chi connectivity index (χ3v) is 2.83. The van der Waals surface area contributed by atoms with E-state index in [1.807, 2.05) is 0 Å². The van der Waals surface area contributed by atoms with Crippen LogP contribution in [0.4, 0.5) is 0 Å². The highest BCUT2D eigenvalue weighted by Crippen LogP contribution is 2.48. The minimum atomic E-state index is 0.185. The van der Waals surface area contributed by atoms with Gasteiger partial charge in [0, 0.05) is 32.2 Å². The van der Waals surface area contributed by atoms with Crippen molar-refractivity contribution in [2.75, 3.05) is 40.1 Å². The molecule has 0 bridgehead atoms. The van der Waals surface area contributed by atoms with Gasteiger partial charge in [0.2, 0.25) is 0 Å². The molecule has 0 spiro atoms. The summed E-state index contributed by atoms with van der Waals surface area (Å²) in [5, 5.41) is 8.62. The standard InChI is InChI=1S/C12H21NO3/c1-14-7-2-8-15-9-10-16-11-12(3-4-12)5-6-13/h2-5,7-11H2,1H3. The Balaban J connectivity index is 1.83. The Kier molecular flexibility index (Phi) is 6.39. The van der Waals surface area contributed by atoms with Gasteiger partial charge < -0.3 is 14.2 Å².